The Kier molecular flexibility index (Phi) is 7.25. The average Bonchev–Trinajstić information content (AvgIpc) is 3.42. The molecule has 0 spiro atoms. The molecule has 0 saturated carbocycles. The van der Waals surface area contributed by atoms with Gasteiger partial charge in [-0.2, -0.15) is 9.78 Å². The van der Waals surface area contributed by atoms with E-state index in [9.17, 15) is 4.79 Å². The first-order chi connectivity index (χ1) is 14.5. The van der Waals surface area contributed by atoms with Crippen LogP contribution in [0.5, 0.6) is 0 Å². The van der Waals surface area contributed by atoms with Crippen LogP contribution in [-0.4, -0.2) is 55.4 Å². The Morgan fingerprint density at radius 1 is 1.33 bits per heavy atom. The zero-order valence-electron chi connectivity index (χ0n) is 17.2. The van der Waals surface area contributed by atoms with Gasteiger partial charge in [0.25, 0.3) is 5.91 Å². The van der Waals surface area contributed by atoms with E-state index in [2.05, 4.69) is 49.9 Å². The molecule has 0 unspecified atom stereocenters. The molecule has 12 heteroatoms. The Morgan fingerprint density at radius 2 is 2.10 bits per heavy atom. The fourth-order valence-electron chi connectivity index (χ4n) is 2.97. The number of hydrazone groups is 1. The van der Waals surface area contributed by atoms with Crippen LogP contribution in [0.2, 0.25) is 0 Å². The zero-order chi connectivity index (χ0) is 21.5. The maximum Gasteiger partial charge on any atom is 0.293 e. The second-order valence-electron chi connectivity index (χ2n) is 6.69. The summed E-state index contributed by atoms with van der Waals surface area (Å²) < 4.78 is 6.08. The quantitative estimate of drug-likeness (QED) is 0.367. The number of nitrogens with zero attached hydrogens (tertiary/aromatic N) is 7. The van der Waals surface area contributed by atoms with Gasteiger partial charge in [0.1, 0.15) is 0 Å². The number of thiophene rings is 1. The van der Waals surface area contributed by atoms with Gasteiger partial charge < -0.3 is 5.73 Å². The van der Waals surface area contributed by atoms with Crippen LogP contribution < -0.4 is 11.2 Å². The third-order valence-corrected chi connectivity index (χ3v) is 5.18. The van der Waals surface area contributed by atoms with E-state index in [4.69, 9.17) is 10.4 Å². The van der Waals surface area contributed by atoms with Crippen molar-refractivity contribution in [3.63, 3.8) is 0 Å². The van der Waals surface area contributed by atoms with Crippen LogP contribution in [0.15, 0.2) is 21.9 Å². The summed E-state index contributed by atoms with van der Waals surface area (Å²) in [4.78, 5) is 17.1. The van der Waals surface area contributed by atoms with E-state index in [1.807, 2.05) is 19.1 Å². The van der Waals surface area contributed by atoms with E-state index in [0.29, 0.717) is 12.2 Å². The van der Waals surface area contributed by atoms with Crippen LogP contribution in [0.25, 0.3) is 5.82 Å². The third-order valence-electron chi connectivity index (χ3n) is 4.25. The molecule has 3 rings (SSSR count). The number of nitrogens with two attached hydrogens (primary N) is 1. The number of hydrogen-bond donors (Lipinski definition) is 2. The highest BCUT2D eigenvalue weighted by atomic mass is 32.1. The summed E-state index contributed by atoms with van der Waals surface area (Å²) in [7, 11) is 0. The van der Waals surface area contributed by atoms with Crippen molar-refractivity contribution in [2.24, 2.45) is 5.10 Å². The molecule has 0 aliphatic heterocycles. The predicted molar refractivity (Wildman–Crippen MR) is 114 cm³/mol. The van der Waals surface area contributed by atoms with E-state index in [0.717, 1.165) is 30.8 Å². The van der Waals surface area contributed by atoms with Crippen LogP contribution in [0, 0.1) is 6.92 Å². The summed E-state index contributed by atoms with van der Waals surface area (Å²) in [6.45, 7) is 8.38. The van der Waals surface area contributed by atoms with Crippen molar-refractivity contribution in [3.05, 3.63) is 33.3 Å². The zero-order valence-corrected chi connectivity index (χ0v) is 18.0. The number of carbonyl (C=O) groups excluding carboxylic acids is 1. The molecule has 0 aromatic carbocycles. The lowest BCUT2D eigenvalue weighted by molar-refractivity contribution is 0.0947. The molecule has 3 N–H and O–H groups in total. The normalized spacial score (nSPS) is 11.6. The highest BCUT2D eigenvalue weighted by Gasteiger charge is 2.25. The fourth-order valence-corrected chi connectivity index (χ4v) is 3.72. The minimum Gasteiger partial charge on any atom is -0.378 e. The van der Waals surface area contributed by atoms with Crippen molar-refractivity contribution < 1.29 is 9.42 Å². The Balaban J connectivity index is 1.87. The van der Waals surface area contributed by atoms with E-state index in [-0.39, 0.29) is 17.3 Å². The Hall–Kier alpha value is -3.12. The number of nitrogen functional groups attached to an aromatic ring is 1. The van der Waals surface area contributed by atoms with Crippen LogP contribution in [-0.2, 0) is 6.54 Å². The largest absolute Gasteiger partial charge is 0.378 e. The van der Waals surface area contributed by atoms with E-state index >= 15 is 0 Å². The van der Waals surface area contributed by atoms with E-state index in [1.165, 1.54) is 9.56 Å². The highest BCUT2D eigenvalue weighted by molar-refractivity contribution is 7.13. The van der Waals surface area contributed by atoms with Gasteiger partial charge >= 0.3 is 0 Å². The SMILES string of the molecule is CCCN(CCC)Cc1c(C(=O)N/N=C\c2ccc(C)s2)nnn1-c1nonc1N. The average molecular weight is 432 g/mol. The first kappa shape index (κ1) is 21.6. The van der Waals surface area contributed by atoms with Crippen LogP contribution >= 0.6 is 11.3 Å². The van der Waals surface area contributed by atoms with Crippen molar-refractivity contribution in [2.45, 2.75) is 40.2 Å². The second kappa shape index (κ2) is 10.1. The van der Waals surface area contributed by atoms with Crippen molar-refractivity contribution >= 4 is 29.3 Å². The number of anilines is 1. The first-order valence-electron chi connectivity index (χ1n) is 9.68. The van der Waals surface area contributed by atoms with Crippen LogP contribution in [0.1, 0.15) is 52.6 Å². The summed E-state index contributed by atoms with van der Waals surface area (Å²) in [6, 6.07) is 3.93. The summed E-state index contributed by atoms with van der Waals surface area (Å²) in [5.74, 6) is -0.206. The summed E-state index contributed by atoms with van der Waals surface area (Å²) >= 11 is 1.58. The lowest BCUT2D eigenvalue weighted by Crippen LogP contribution is -2.28. The smallest absolute Gasteiger partial charge is 0.293 e. The molecule has 1 amide bonds. The number of aromatic nitrogens is 5. The molecule has 0 saturated heterocycles. The number of nitrogens with one attached hydrogen (secondary N) is 1. The molecule has 0 atom stereocenters. The van der Waals surface area contributed by atoms with Gasteiger partial charge in [-0.25, -0.2) is 10.1 Å². The molecular weight excluding hydrogens is 406 g/mol. The monoisotopic (exact) mass is 431 g/mol. The van der Waals surface area contributed by atoms with Gasteiger partial charge in [0.05, 0.1) is 11.9 Å². The van der Waals surface area contributed by atoms with Crippen molar-refractivity contribution in [3.8, 4) is 5.82 Å². The van der Waals surface area contributed by atoms with Gasteiger partial charge in [-0.15, -0.1) is 16.4 Å². The summed E-state index contributed by atoms with van der Waals surface area (Å²) in [5, 5.41) is 19.5. The second-order valence-corrected chi connectivity index (χ2v) is 8.01. The molecule has 0 aliphatic rings. The molecule has 0 fully saturated rings. The highest BCUT2D eigenvalue weighted by Crippen LogP contribution is 2.18. The molecule has 160 valence electrons. The molecular formula is C18H25N9O2S. The van der Waals surface area contributed by atoms with Gasteiger partial charge in [0, 0.05) is 16.3 Å². The van der Waals surface area contributed by atoms with Gasteiger partial charge in [0.2, 0.25) is 11.6 Å². The molecule has 0 radical (unpaired) electrons. The van der Waals surface area contributed by atoms with Crippen LogP contribution in [0.3, 0.4) is 0 Å². The molecule has 0 aliphatic carbocycles. The van der Waals surface area contributed by atoms with Gasteiger partial charge in [-0.05, 0) is 55.3 Å². The molecule has 3 aromatic heterocycles. The number of aryl methyl sites for hydroxylation is 1. The standard InChI is InChI=1S/C18H25N9O2S/c1-4-8-26(9-5-2)11-14-15(21-25-27(14)17-16(19)23-29-24-17)18(28)22-20-10-13-7-6-12(3)30-13/h6-7,10H,4-5,8-9,11H2,1-3H3,(H2,19,23)(H,22,28)/b20-10-. The summed E-state index contributed by atoms with van der Waals surface area (Å²) in [5.41, 5.74) is 9.04. The maximum atomic E-state index is 12.8. The Morgan fingerprint density at radius 3 is 2.70 bits per heavy atom. The van der Waals surface area contributed by atoms with Crippen molar-refractivity contribution in [2.75, 3.05) is 18.8 Å². The number of amides is 1. The van der Waals surface area contributed by atoms with Gasteiger partial charge in [-0.3, -0.25) is 9.69 Å². The van der Waals surface area contributed by atoms with E-state index < -0.39 is 5.91 Å². The van der Waals surface area contributed by atoms with Crippen LogP contribution in [0.4, 0.5) is 5.82 Å². The summed E-state index contributed by atoms with van der Waals surface area (Å²) in [6.07, 6.45) is 3.54. The lowest BCUT2D eigenvalue weighted by Gasteiger charge is -2.21. The van der Waals surface area contributed by atoms with Gasteiger partial charge in [0.15, 0.2) is 5.69 Å². The molecule has 3 aromatic rings. The first-order valence-corrected chi connectivity index (χ1v) is 10.5. The van der Waals surface area contributed by atoms with Gasteiger partial charge in [-0.1, -0.05) is 19.1 Å². The lowest BCUT2D eigenvalue weighted by atomic mass is 10.2. The molecule has 30 heavy (non-hydrogen) atoms. The van der Waals surface area contributed by atoms with E-state index in [1.54, 1.807) is 17.6 Å². The maximum absolute atomic E-state index is 12.8. The Bertz CT molecular complexity index is 1000. The predicted octanol–water partition coefficient (Wildman–Crippen LogP) is 1.99. The molecule has 11 nitrogen and oxygen atoms in total. The van der Waals surface area contributed by atoms with Crippen molar-refractivity contribution in [1.29, 1.82) is 0 Å². The topological polar surface area (TPSA) is 140 Å². The fraction of sp³-hybridized carbons (Fsp3) is 0.444. The minimum absolute atomic E-state index is 0.0664. The van der Waals surface area contributed by atoms with Crippen molar-refractivity contribution in [1.82, 2.24) is 35.6 Å². The minimum atomic E-state index is -0.469. The number of rotatable bonds is 10. The Labute approximate surface area is 177 Å². The third kappa shape index (κ3) is 5.07. The number of hydrogen-bond acceptors (Lipinski definition) is 10. The molecule has 0 bridgehead atoms. The molecule has 3 heterocycles. The number of carbonyl (C=O) groups is 1.